The van der Waals surface area contributed by atoms with Gasteiger partial charge in [0.1, 0.15) is 0 Å². The molecule has 3 heteroatoms. The van der Waals surface area contributed by atoms with Gasteiger partial charge in [0.15, 0.2) is 0 Å². The molecular formula is C16H23NOS. The van der Waals surface area contributed by atoms with Crippen LogP contribution in [0.4, 0.5) is 0 Å². The molecule has 0 radical (unpaired) electrons. The van der Waals surface area contributed by atoms with E-state index in [9.17, 15) is 4.21 Å². The van der Waals surface area contributed by atoms with Gasteiger partial charge in [0.05, 0.1) is 10.8 Å². The smallest absolute Gasteiger partial charge is 0.0571 e. The van der Waals surface area contributed by atoms with Crippen LogP contribution in [-0.4, -0.2) is 16.0 Å². The van der Waals surface area contributed by atoms with Gasteiger partial charge in [-0.15, -0.1) is 6.58 Å². The average molecular weight is 277 g/mol. The first-order valence-corrected chi connectivity index (χ1v) is 8.43. The van der Waals surface area contributed by atoms with Gasteiger partial charge in [-0.05, 0) is 24.5 Å². The molecule has 1 aliphatic carbocycles. The molecule has 1 saturated carbocycles. The fourth-order valence-electron chi connectivity index (χ4n) is 2.63. The zero-order chi connectivity index (χ0) is 13.5. The Balaban J connectivity index is 1.98. The molecule has 0 aromatic heterocycles. The fourth-order valence-corrected chi connectivity index (χ4v) is 3.69. The molecule has 2 rings (SSSR count). The highest BCUT2D eigenvalue weighted by molar-refractivity contribution is 7.85. The number of nitrogens with one attached hydrogen (secondary N) is 1. The summed E-state index contributed by atoms with van der Waals surface area (Å²) in [5, 5.41) is 3.61. The summed E-state index contributed by atoms with van der Waals surface area (Å²) in [6, 6.07) is 8.66. The lowest BCUT2D eigenvalue weighted by Crippen LogP contribution is -2.30. The quantitative estimate of drug-likeness (QED) is 0.807. The molecule has 1 aromatic rings. The van der Waals surface area contributed by atoms with Crippen LogP contribution in [-0.2, 0) is 17.3 Å². The predicted octanol–water partition coefficient (Wildman–Crippen LogP) is 3.40. The highest BCUT2D eigenvalue weighted by Gasteiger charge is 2.14. The van der Waals surface area contributed by atoms with Crippen LogP contribution >= 0.6 is 0 Å². The van der Waals surface area contributed by atoms with Gasteiger partial charge >= 0.3 is 0 Å². The van der Waals surface area contributed by atoms with Crippen molar-refractivity contribution < 1.29 is 4.21 Å². The molecule has 1 aromatic carbocycles. The lowest BCUT2D eigenvalue weighted by molar-refractivity contribution is 0.371. The van der Waals surface area contributed by atoms with Crippen molar-refractivity contribution in [3.05, 3.63) is 42.5 Å². The van der Waals surface area contributed by atoms with E-state index in [1.54, 1.807) is 6.08 Å². The van der Waals surface area contributed by atoms with Gasteiger partial charge in [-0.25, -0.2) is 0 Å². The number of rotatable bonds is 6. The zero-order valence-corrected chi connectivity index (χ0v) is 12.3. The Kier molecular flexibility index (Phi) is 5.80. The molecule has 0 spiro atoms. The number of hydrogen-bond acceptors (Lipinski definition) is 2. The maximum atomic E-state index is 12.1. The summed E-state index contributed by atoms with van der Waals surface area (Å²) in [4.78, 5) is 0.950. The Hall–Kier alpha value is -0.930. The molecular weight excluding hydrogens is 254 g/mol. The normalized spacial score (nSPS) is 18.1. The predicted molar refractivity (Wildman–Crippen MR) is 81.6 cm³/mol. The second-order valence-electron chi connectivity index (χ2n) is 5.12. The van der Waals surface area contributed by atoms with E-state index < -0.39 is 10.8 Å². The monoisotopic (exact) mass is 277 g/mol. The first kappa shape index (κ1) is 14.5. The van der Waals surface area contributed by atoms with Crippen LogP contribution in [0.3, 0.4) is 0 Å². The number of benzene rings is 1. The fraction of sp³-hybridized carbons (Fsp3) is 0.500. The molecule has 0 aliphatic heterocycles. The Morgan fingerprint density at radius 1 is 1.26 bits per heavy atom. The summed E-state index contributed by atoms with van der Waals surface area (Å²) in [6.07, 6.45) is 8.32. The summed E-state index contributed by atoms with van der Waals surface area (Å²) in [5.41, 5.74) is 1.16. The molecule has 19 heavy (non-hydrogen) atoms. The molecule has 1 unspecified atom stereocenters. The minimum Gasteiger partial charge on any atom is -0.310 e. The summed E-state index contributed by atoms with van der Waals surface area (Å²) in [6.45, 7) is 4.49. The third-order valence-corrected chi connectivity index (χ3v) is 5.10. The largest absolute Gasteiger partial charge is 0.310 e. The lowest BCUT2D eigenvalue weighted by atomic mass is 9.95. The molecule has 1 fully saturated rings. The molecule has 104 valence electrons. The van der Waals surface area contributed by atoms with E-state index in [-0.39, 0.29) is 0 Å². The average Bonchev–Trinajstić information content (AvgIpc) is 2.47. The molecule has 2 nitrogen and oxygen atoms in total. The van der Waals surface area contributed by atoms with Crippen LogP contribution in [0.1, 0.15) is 37.7 Å². The summed E-state index contributed by atoms with van der Waals surface area (Å²) in [7, 11) is -0.959. The van der Waals surface area contributed by atoms with E-state index in [1.807, 2.05) is 18.2 Å². The van der Waals surface area contributed by atoms with Gasteiger partial charge in [-0.1, -0.05) is 43.5 Å². The Morgan fingerprint density at radius 3 is 2.74 bits per heavy atom. The highest BCUT2D eigenvalue weighted by Crippen LogP contribution is 2.19. The van der Waals surface area contributed by atoms with Gasteiger partial charge in [0.2, 0.25) is 0 Å². The van der Waals surface area contributed by atoms with E-state index in [2.05, 4.69) is 18.0 Å². The Labute approximate surface area is 118 Å². The Morgan fingerprint density at radius 2 is 2.00 bits per heavy atom. The number of hydrogen-bond donors (Lipinski definition) is 1. The van der Waals surface area contributed by atoms with Crippen LogP contribution in [0.5, 0.6) is 0 Å². The van der Waals surface area contributed by atoms with Crippen molar-refractivity contribution in [1.82, 2.24) is 5.32 Å². The maximum Gasteiger partial charge on any atom is 0.0571 e. The molecule has 0 heterocycles. The summed E-state index contributed by atoms with van der Waals surface area (Å²) in [5.74, 6) is 0.528. The summed E-state index contributed by atoms with van der Waals surface area (Å²) < 4.78 is 12.1. The molecule has 0 amide bonds. The standard InChI is InChI=1S/C16H23NOS/c1-2-12-19(18)16-11-7-6-8-14(16)13-17-15-9-4-3-5-10-15/h2,6-8,11,15,17H,1,3-5,9-10,12-13H2. The first-order valence-electron chi connectivity index (χ1n) is 7.12. The molecule has 1 aliphatic rings. The van der Waals surface area contributed by atoms with Gasteiger partial charge in [0.25, 0.3) is 0 Å². The van der Waals surface area contributed by atoms with Crippen LogP contribution in [0.2, 0.25) is 0 Å². The third kappa shape index (κ3) is 4.29. The SMILES string of the molecule is C=CCS(=O)c1ccccc1CNC1CCCCC1. The highest BCUT2D eigenvalue weighted by atomic mass is 32.2. The topological polar surface area (TPSA) is 29.1 Å². The van der Waals surface area contributed by atoms with Crippen molar-refractivity contribution in [2.24, 2.45) is 0 Å². The van der Waals surface area contributed by atoms with E-state index in [4.69, 9.17) is 0 Å². The van der Waals surface area contributed by atoms with Gasteiger partial charge < -0.3 is 5.32 Å². The molecule has 0 bridgehead atoms. The van der Waals surface area contributed by atoms with Crippen LogP contribution in [0.25, 0.3) is 0 Å². The minimum absolute atomic E-state index is 0.528. The van der Waals surface area contributed by atoms with Gasteiger partial charge in [-0.3, -0.25) is 4.21 Å². The minimum atomic E-state index is -0.959. The van der Waals surface area contributed by atoms with Crippen molar-refractivity contribution in [2.75, 3.05) is 5.75 Å². The van der Waals surface area contributed by atoms with Gasteiger partial charge in [0, 0.05) is 23.2 Å². The van der Waals surface area contributed by atoms with E-state index in [0.29, 0.717) is 11.8 Å². The maximum absolute atomic E-state index is 12.1. The summed E-state index contributed by atoms with van der Waals surface area (Å²) >= 11 is 0. The van der Waals surface area contributed by atoms with E-state index in [0.717, 1.165) is 17.0 Å². The van der Waals surface area contributed by atoms with Crippen molar-refractivity contribution in [2.45, 2.75) is 49.6 Å². The molecule has 1 N–H and O–H groups in total. The van der Waals surface area contributed by atoms with E-state index >= 15 is 0 Å². The van der Waals surface area contributed by atoms with Gasteiger partial charge in [-0.2, -0.15) is 0 Å². The van der Waals surface area contributed by atoms with Crippen LogP contribution in [0.15, 0.2) is 41.8 Å². The molecule has 0 saturated heterocycles. The zero-order valence-electron chi connectivity index (χ0n) is 11.4. The lowest BCUT2D eigenvalue weighted by Gasteiger charge is -2.23. The van der Waals surface area contributed by atoms with Crippen molar-refractivity contribution in [3.63, 3.8) is 0 Å². The van der Waals surface area contributed by atoms with Crippen LogP contribution < -0.4 is 5.32 Å². The first-order chi connectivity index (χ1) is 9.31. The van der Waals surface area contributed by atoms with Crippen LogP contribution in [0, 0.1) is 0 Å². The third-order valence-electron chi connectivity index (χ3n) is 3.67. The second-order valence-corrected chi connectivity index (χ2v) is 6.59. The van der Waals surface area contributed by atoms with Crippen molar-refractivity contribution >= 4 is 10.8 Å². The van der Waals surface area contributed by atoms with E-state index in [1.165, 1.54) is 32.1 Å². The molecule has 1 atom stereocenters. The van der Waals surface area contributed by atoms with Crippen molar-refractivity contribution in [1.29, 1.82) is 0 Å². The van der Waals surface area contributed by atoms with Crippen molar-refractivity contribution in [3.8, 4) is 0 Å². The Bertz CT molecular complexity index is 438. The second kappa shape index (κ2) is 7.61.